The van der Waals surface area contributed by atoms with Gasteiger partial charge in [-0.1, -0.05) is 43.2 Å². The highest BCUT2D eigenvalue weighted by atomic mass is 14.9. The second-order valence-electron chi connectivity index (χ2n) is 5.80. The number of anilines is 2. The number of benzene rings is 2. The van der Waals surface area contributed by atoms with E-state index in [2.05, 4.69) is 43.4 Å². The lowest BCUT2D eigenvalue weighted by atomic mass is 10.1. The highest BCUT2D eigenvalue weighted by molar-refractivity contribution is 6.00. The Bertz CT molecular complexity index is 667. The quantitative estimate of drug-likeness (QED) is 0.484. The van der Waals surface area contributed by atoms with Gasteiger partial charge in [0.2, 0.25) is 0 Å². The van der Waals surface area contributed by atoms with Crippen LogP contribution in [-0.4, -0.2) is 5.71 Å². The molecule has 0 unspecified atom stereocenters. The topological polar surface area (TPSA) is 61.9 Å². The zero-order chi connectivity index (χ0) is 16.7. The number of hydrogen-bond donors (Lipinski definition) is 3. The standard InChI is InChI=1S/C20H25N3/c1-3-4-5-18(22)14-20(16-8-6-15(2)7-9-16)23-19-12-10-17(21)11-13-19/h6-14,22-23H,3-5,21H2,1-2H3/b20-14-,22-18?. The summed E-state index contributed by atoms with van der Waals surface area (Å²) in [5.41, 5.74) is 11.3. The van der Waals surface area contributed by atoms with Crippen LogP contribution in [0.4, 0.5) is 11.4 Å². The van der Waals surface area contributed by atoms with Gasteiger partial charge >= 0.3 is 0 Å². The van der Waals surface area contributed by atoms with E-state index in [-0.39, 0.29) is 0 Å². The van der Waals surface area contributed by atoms with Gasteiger partial charge in [0.15, 0.2) is 0 Å². The molecule has 0 spiro atoms. The van der Waals surface area contributed by atoms with E-state index in [1.54, 1.807) is 0 Å². The molecule has 0 amide bonds. The van der Waals surface area contributed by atoms with E-state index in [0.717, 1.165) is 41.9 Å². The molecular formula is C20H25N3. The number of hydrogen-bond acceptors (Lipinski definition) is 3. The Morgan fingerprint density at radius 1 is 1.09 bits per heavy atom. The van der Waals surface area contributed by atoms with Crippen LogP contribution in [0.3, 0.4) is 0 Å². The lowest BCUT2D eigenvalue weighted by Crippen LogP contribution is -2.03. The molecule has 0 aliphatic rings. The molecule has 0 fully saturated rings. The molecule has 23 heavy (non-hydrogen) atoms. The second-order valence-corrected chi connectivity index (χ2v) is 5.80. The maximum atomic E-state index is 8.18. The van der Waals surface area contributed by atoms with Crippen molar-refractivity contribution in [2.24, 2.45) is 0 Å². The number of allylic oxidation sites excluding steroid dienone is 1. The molecule has 0 aliphatic heterocycles. The van der Waals surface area contributed by atoms with Crippen molar-refractivity contribution in [2.45, 2.75) is 33.1 Å². The van der Waals surface area contributed by atoms with Gasteiger partial charge in [0.05, 0.1) is 0 Å². The van der Waals surface area contributed by atoms with E-state index in [1.165, 1.54) is 5.56 Å². The number of nitrogen functional groups attached to an aromatic ring is 1. The lowest BCUT2D eigenvalue weighted by molar-refractivity contribution is 0.834. The number of nitrogens with one attached hydrogen (secondary N) is 2. The van der Waals surface area contributed by atoms with E-state index >= 15 is 0 Å². The van der Waals surface area contributed by atoms with Gasteiger partial charge in [0.1, 0.15) is 0 Å². The van der Waals surface area contributed by atoms with Crippen LogP contribution in [0.2, 0.25) is 0 Å². The molecule has 120 valence electrons. The fraction of sp³-hybridized carbons (Fsp3) is 0.250. The van der Waals surface area contributed by atoms with Gasteiger partial charge in [0, 0.05) is 22.8 Å². The van der Waals surface area contributed by atoms with E-state index in [0.29, 0.717) is 5.71 Å². The van der Waals surface area contributed by atoms with Crippen molar-refractivity contribution >= 4 is 22.8 Å². The number of nitrogens with two attached hydrogens (primary N) is 1. The van der Waals surface area contributed by atoms with Crippen molar-refractivity contribution in [1.29, 1.82) is 5.41 Å². The van der Waals surface area contributed by atoms with Crippen LogP contribution in [0.25, 0.3) is 5.70 Å². The summed E-state index contributed by atoms with van der Waals surface area (Å²) in [4.78, 5) is 0. The van der Waals surface area contributed by atoms with Crippen molar-refractivity contribution in [1.82, 2.24) is 0 Å². The van der Waals surface area contributed by atoms with E-state index < -0.39 is 0 Å². The van der Waals surface area contributed by atoms with Gasteiger partial charge in [0.25, 0.3) is 0 Å². The first-order valence-electron chi connectivity index (χ1n) is 8.07. The monoisotopic (exact) mass is 307 g/mol. The third-order valence-electron chi connectivity index (χ3n) is 3.67. The second kappa shape index (κ2) is 8.18. The third-order valence-corrected chi connectivity index (χ3v) is 3.67. The van der Waals surface area contributed by atoms with E-state index in [1.807, 2.05) is 30.3 Å². The van der Waals surface area contributed by atoms with Crippen molar-refractivity contribution in [3.8, 4) is 0 Å². The Morgan fingerprint density at radius 3 is 2.35 bits per heavy atom. The fourth-order valence-electron chi connectivity index (χ4n) is 2.26. The fourth-order valence-corrected chi connectivity index (χ4v) is 2.26. The minimum atomic E-state index is 0.644. The van der Waals surface area contributed by atoms with Gasteiger partial charge in [-0.3, -0.25) is 0 Å². The summed E-state index contributed by atoms with van der Waals surface area (Å²) in [6, 6.07) is 16.0. The average Bonchev–Trinajstić information content (AvgIpc) is 2.55. The Kier molecular flexibility index (Phi) is 5.98. The van der Waals surface area contributed by atoms with E-state index in [9.17, 15) is 0 Å². The maximum Gasteiger partial charge on any atom is 0.0475 e. The molecule has 0 heterocycles. The summed E-state index contributed by atoms with van der Waals surface area (Å²) < 4.78 is 0. The molecule has 3 heteroatoms. The minimum Gasteiger partial charge on any atom is -0.399 e. The number of unbranched alkanes of at least 4 members (excludes halogenated alkanes) is 1. The number of rotatable bonds is 7. The van der Waals surface area contributed by atoms with Gasteiger partial charge in [-0.15, -0.1) is 0 Å². The first-order valence-corrected chi connectivity index (χ1v) is 8.07. The molecule has 0 saturated carbocycles. The first kappa shape index (κ1) is 16.8. The molecule has 0 bridgehead atoms. The minimum absolute atomic E-state index is 0.644. The zero-order valence-corrected chi connectivity index (χ0v) is 13.9. The highest BCUT2D eigenvalue weighted by Gasteiger charge is 2.04. The van der Waals surface area contributed by atoms with Crippen LogP contribution in [0.5, 0.6) is 0 Å². The molecule has 2 aromatic rings. The largest absolute Gasteiger partial charge is 0.399 e. The number of aryl methyl sites for hydroxylation is 1. The van der Waals surface area contributed by atoms with Crippen LogP contribution in [0.1, 0.15) is 37.3 Å². The van der Waals surface area contributed by atoms with Gasteiger partial charge in [-0.25, -0.2) is 0 Å². The predicted octanol–water partition coefficient (Wildman–Crippen LogP) is 5.24. The van der Waals surface area contributed by atoms with Gasteiger partial charge < -0.3 is 16.5 Å². The molecule has 0 aliphatic carbocycles. The van der Waals surface area contributed by atoms with Crippen LogP contribution in [0, 0.1) is 12.3 Å². The van der Waals surface area contributed by atoms with Crippen molar-refractivity contribution in [2.75, 3.05) is 11.1 Å². The van der Waals surface area contributed by atoms with Crippen molar-refractivity contribution in [3.05, 3.63) is 65.7 Å². The molecule has 0 saturated heterocycles. The summed E-state index contributed by atoms with van der Waals surface area (Å²) in [7, 11) is 0. The molecule has 4 N–H and O–H groups in total. The smallest absolute Gasteiger partial charge is 0.0475 e. The summed E-state index contributed by atoms with van der Waals surface area (Å²) in [5.74, 6) is 0. The molecule has 0 atom stereocenters. The van der Waals surface area contributed by atoms with E-state index in [4.69, 9.17) is 11.1 Å². The normalized spacial score (nSPS) is 11.3. The van der Waals surface area contributed by atoms with Crippen LogP contribution >= 0.6 is 0 Å². The molecule has 2 aromatic carbocycles. The first-order chi connectivity index (χ1) is 11.1. The van der Waals surface area contributed by atoms with Crippen LogP contribution in [-0.2, 0) is 0 Å². The Morgan fingerprint density at radius 2 is 1.74 bits per heavy atom. The third kappa shape index (κ3) is 5.29. The molecule has 0 radical (unpaired) electrons. The van der Waals surface area contributed by atoms with Crippen molar-refractivity contribution < 1.29 is 0 Å². The summed E-state index contributed by atoms with van der Waals surface area (Å²) in [5, 5.41) is 11.6. The van der Waals surface area contributed by atoms with Gasteiger partial charge in [-0.2, -0.15) is 0 Å². The van der Waals surface area contributed by atoms with Crippen LogP contribution in [0.15, 0.2) is 54.6 Å². The molecule has 3 nitrogen and oxygen atoms in total. The van der Waals surface area contributed by atoms with Crippen molar-refractivity contribution in [3.63, 3.8) is 0 Å². The molecule has 2 rings (SSSR count). The summed E-state index contributed by atoms with van der Waals surface area (Å²) >= 11 is 0. The predicted molar refractivity (Wildman–Crippen MR) is 101 cm³/mol. The van der Waals surface area contributed by atoms with Crippen LogP contribution < -0.4 is 11.1 Å². The SMILES string of the molecule is CCCCC(=N)/C=C(\Nc1ccc(N)cc1)c1ccc(C)cc1. The lowest BCUT2D eigenvalue weighted by Gasteiger charge is -2.13. The Balaban J connectivity index is 2.26. The average molecular weight is 307 g/mol. The Hall–Kier alpha value is -2.55. The zero-order valence-electron chi connectivity index (χ0n) is 13.9. The highest BCUT2D eigenvalue weighted by Crippen LogP contribution is 2.21. The summed E-state index contributed by atoms with van der Waals surface area (Å²) in [6.07, 6.45) is 4.87. The molecular weight excluding hydrogens is 282 g/mol. The molecule has 0 aromatic heterocycles. The Labute approximate surface area is 138 Å². The summed E-state index contributed by atoms with van der Waals surface area (Å²) in [6.45, 7) is 4.22. The van der Waals surface area contributed by atoms with Gasteiger partial charge in [-0.05, 0) is 55.7 Å². The maximum absolute atomic E-state index is 8.18.